The van der Waals surface area contributed by atoms with Crippen LogP contribution in [-0.2, 0) is 0 Å². The Labute approximate surface area is 106 Å². The number of hydrogen-bond acceptors (Lipinski definition) is 2. The average Bonchev–Trinajstić information content (AvgIpc) is 2.29. The van der Waals surface area contributed by atoms with Gasteiger partial charge >= 0.3 is 6.36 Å². The molecule has 0 radical (unpaired) electrons. The third kappa shape index (κ3) is 2.96. The number of benzene rings is 2. The van der Waals surface area contributed by atoms with Crippen molar-refractivity contribution < 1.29 is 22.3 Å². The molecule has 0 saturated heterocycles. The fraction of sp³-hybridized carbons (Fsp3) is 0.0769. The molecule has 2 nitrogen and oxygen atoms in total. The Kier molecular flexibility index (Phi) is 3.33. The van der Waals surface area contributed by atoms with E-state index in [1.807, 2.05) is 0 Å². The van der Waals surface area contributed by atoms with Crippen LogP contribution in [0.2, 0.25) is 0 Å². The number of alkyl halides is 3. The summed E-state index contributed by atoms with van der Waals surface area (Å²) in [5.74, 6) is -1.20. The number of nitrogens with two attached hydrogens (primary N) is 1. The molecule has 19 heavy (non-hydrogen) atoms. The summed E-state index contributed by atoms with van der Waals surface area (Å²) in [7, 11) is 0. The minimum Gasteiger partial charge on any atom is -0.405 e. The second-order valence-electron chi connectivity index (χ2n) is 3.75. The normalized spacial score (nSPS) is 11.4. The predicted molar refractivity (Wildman–Crippen MR) is 62.9 cm³/mol. The molecule has 0 aliphatic rings. The molecule has 2 N–H and O–H groups in total. The highest BCUT2D eigenvalue weighted by Gasteiger charge is 2.32. The second-order valence-corrected chi connectivity index (χ2v) is 3.75. The fourth-order valence-electron chi connectivity index (χ4n) is 1.71. The number of para-hydroxylation sites is 1. The Morgan fingerprint density at radius 3 is 2.26 bits per heavy atom. The third-order valence-corrected chi connectivity index (χ3v) is 2.43. The van der Waals surface area contributed by atoms with E-state index in [9.17, 15) is 17.6 Å². The number of ether oxygens (including phenoxy) is 1. The van der Waals surface area contributed by atoms with Crippen molar-refractivity contribution in [2.75, 3.05) is 5.73 Å². The highest BCUT2D eigenvalue weighted by atomic mass is 19.4. The lowest BCUT2D eigenvalue weighted by Gasteiger charge is -2.14. The third-order valence-electron chi connectivity index (χ3n) is 2.43. The first-order valence-electron chi connectivity index (χ1n) is 5.27. The zero-order chi connectivity index (χ0) is 14.0. The van der Waals surface area contributed by atoms with Crippen molar-refractivity contribution in [3.63, 3.8) is 0 Å². The molecule has 0 unspecified atom stereocenters. The van der Waals surface area contributed by atoms with Crippen LogP contribution in [0.25, 0.3) is 11.1 Å². The molecule has 2 aromatic carbocycles. The first-order valence-corrected chi connectivity index (χ1v) is 5.27. The lowest BCUT2D eigenvalue weighted by molar-refractivity contribution is -0.274. The van der Waals surface area contributed by atoms with Crippen molar-refractivity contribution >= 4 is 5.69 Å². The van der Waals surface area contributed by atoms with E-state index in [0.717, 1.165) is 12.1 Å². The van der Waals surface area contributed by atoms with Gasteiger partial charge in [0.05, 0.1) is 0 Å². The van der Waals surface area contributed by atoms with Crippen LogP contribution in [0.3, 0.4) is 0 Å². The van der Waals surface area contributed by atoms with Crippen molar-refractivity contribution in [1.29, 1.82) is 0 Å². The van der Waals surface area contributed by atoms with Gasteiger partial charge in [-0.25, -0.2) is 4.39 Å². The zero-order valence-corrected chi connectivity index (χ0v) is 9.54. The molecule has 2 aromatic rings. The van der Waals surface area contributed by atoms with E-state index in [2.05, 4.69) is 4.74 Å². The van der Waals surface area contributed by atoms with Gasteiger partial charge in [-0.2, -0.15) is 0 Å². The van der Waals surface area contributed by atoms with Gasteiger partial charge in [-0.15, -0.1) is 13.2 Å². The van der Waals surface area contributed by atoms with Gasteiger partial charge in [0.25, 0.3) is 0 Å². The Bertz CT molecular complexity index is 575. The van der Waals surface area contributed by atoms with Gasteiger partial charge in [0.1, 0.15) is 11.6 Å². The molecule has 2 rings (SSSR count). The van der Waals surface area contributed by atoms with Crippen molar-refractivity contribution in [3.8, 4) is 16.9 Å². The number of rotatable bonds is 2. The molecular formula is C13H9F4NO. The van der Waals surface area contributed by atoms with E-state index in [-0.39, 0.29) is 16.8 Å². The number of anilines is 1. The summed E-state index contributed by atoms with van der Waals surface area (Å²) in [6.07, 6.45) is -4.85. The summed E-state index contributed by atoms with van der Waals surface area (Å²) in [6, 6.07) is 9.16. The van der Waals surface area contributed by atoms with Gasteiger partial charge in [-0.1, -0.05) is 24.3 Å². The molecule has 0 aliphatic carbocycles. The highest BCUT2D eigenvalue weighted by Crippen LogP contribution is 2.37. The van der Waals surface area contributed by atoms with Gasteiger partial charge in [-0.05, 0) is 18.2 Å². The van der Waals surface area contributed by atoms with Crippen molar-refractivity contribution in [1.82, 2.24) is 0 Å². The zero-order valence-electron chi connectivity index (χ0n) is 9.54. The quantitative estimate of drug-likeness (QED) is 0.662. The van der Waals surface area contributed by atoms with Gasteiger partial charge in [-0.3, -0.25) is 0 Å². The van der Waals surface area contributed by atoms with Crippen LogP contribution in [0, 0.1) is 5.82 Å². The predicted octanol–water partition coefficient (Wildman–Crippen LogP) is 3.97. The van der Waals surface area contributed by atoms with Crippen LogP contribution in [0.15, 0.2) is 42.5 Å². The summed E-state index contributed by atoms with van der Waals surface area (Å²) in [5.41, 5.74) is 5.49. The van der Waals surface area contributed by atoms with Crippen molar-refractivity contribution in [2.45, 2.75) is 6.36 Å². The molecule has 0 atom stereocenters. The molecule has 0 amide bonds. The Morgan fingerprint density at radius 2 is 1.63 bits per heavy atom. The summed E-state index contributed by atoms with van der Waals surface area (Å²) in [5, 5.41) is 0. The molecule has 0 heterocycles. The van der Waals surface area contributed by atoms with E-state index in [1.165, 1.54) is 30.3 Å². The van der Waals surface area contributed by atoms with Crippen LogP contribution in [0.5, 0.6) is 5.75 Å². The topological polar surface area (TPSA) is 35.2 Å². The molecule has 0 aliphatic heterocycles. The standard InChI is InChI=1S/C13H9F4NO/c14-9-5-3-6-10(18)12(9)8-4-1-2-7-11(8)19-13(15,16)17/h1-7H,18H2. The number of hydrogen-bond donors (Lipinski definition) is 1. The van der Waals surface area contributed by atoms with Crippen molar-refractivity contribution in [3.05, 3.63) is 48.3 Å². The largest absolute Gasteiger partial charge is 0.573 e. The molecule has 0 fully saturated rings. The van der Waals surface area contributed by atoms with E-state index < -0.39 is 17.9 Å². The summed E-state index contributed by atoms with van der Waals surface area (Å²) < 4.78 is 54.5. The average molecular weight is 271 g/mol. The van der Waals surface area contributed by atoms with E-state index in [4.69, 9.17) is 5.73 Å². The molecule has 6 heteroatoms. The minimum atomic E-state index is -4.85. The van der Waals surface area contributed by atoms with E-state index in [0.29, 0.717) is 0 Å². The number of nitrogen functional groups attached to an aromatic ring is 1. The maximum Gasteiger partial charge on any atom is 0.573 e. The second kappa shape index (κ2) is 4.79. The molecule has 0 saturated carbocycles. The monoisotopic (exact) mass is 271 g/mol. The van der Waals surface area contributed by atoms with E-state index in [1.54, 1.807) is 0 Å². The Hall–Kier alpha value is -2.24. The van der Waals surface area contributed by atoms with Gasteiger partial charge in [0, 0.05) is 16.8 Å². The molecule has 0 aromatic heterocycles. The maximum atomic E-state index is 13.7. The van der Waals surface area contributed by atoms with Crippen LogP contribution >= 0.6 is 0 Å². The Morgan fingerprint density at radius 1 is 0.947 bits per heavy atom. The molecule has 0 bridgehead atoms. The Balaban J connectivity index is 2.57. The SMILES string of the molecule is Nc1cccc(F)c1-c1ccccc1OC(F)(F)F. The van der Waals surface area contributed by atoms with Crippen LogP contribution in [-0.4, -0.2) is 6.36 Å². The minimum absolute atomic E-state index is 0.0400. The summed E-state index contributed by atoms with van der Waals surface area (Å²) in [6.45, 7) is 0. The highest BCUT2D eigenvalue weighted by molar-refractivity contribution is 5.80. The van der Waals surface area contributed by atoms with Gasteiger partial charge in [0.2, 0.25) is 0 Å². The molecular weight excluding hydrogens is 262 g/mol. The van der Waals surface area contributed by atoms with E-state index >= 15 is 0 Å². The lowest BCUT2D eigenvalue weighted by Crippen LogP contribution is -2.17. The summed E-state index contributed by atoms with van der Waals surface area (Å²) >= 11 is 0. The van der Waals surface area contributed by atoms with Crippen LogP contribution < -0.4 is 10.5 Å². The maximum absolute atomic E-state index is 13.7. The van der Waals surface area contributed by atoms with Gasteiger partial charge in [0.15, 0.2) is 0 Å². The van der Waals surface area contributed by atoms with Crippen LogP contribution in [0.1, 0.15) is 0 Å². The first-order chi connectivity index (χ1) is 8.88. The summed E-state index contributed by atoms with van der Waals surface area (Å²) in [4.78, 5) is 0. The van der Waals surface area contributed by atoms with Gasteiger partial charge < -0.3 is 10.5 Å². The molecule has 100 valence electrons. The lowest BCUT2D eigenvalue weighted by atomic mass is 10.0. The molecule has 0 spiro atoms. The van der Waals surface area contributed by atoms with Crippen LogP contribution in [0.4, 0.5) is 23.2 Å². The van der Waals surface area contributed by atoms with Crippen molar-refractivity contribution in [2.24, 2.45) is 0 Å². The fourth-order valence-corrected chi connectivity index (χ4v) is 1.71. The first kappa shape index (κ1) is 13.2. The smallest absolute Gasteiger partial charge is 0.405 e. The number of halogens is 4.